The molecule has 1 atom stereocenters. The molecule has 4 nitrogen and oxygen atoms in total. The van der Waals surface area contributed by atoms with Gasteiger partial charge in [-0.15, -0.1) is 0 Å². The van der Waals surface area contributed by atoms with Gasteiger partial charge in [-0.1, -0.05) is 0 Å². The lowest BCUT2D eigenvalue weighted by Crippen LogP contribution is -2.08. The van der Waals surface area contributed by atoms with Crippen LogP contribution < -0.4 is 5.73 Å². The molecule has 2 heterocycles. The second-order valence-electron chi connectivity index (χ2n) is 3.65. The second kappa shape index (κ2) is 4.48. The first-order valence-electron chi connectivity index (χ1n) is 4.96. The van der Waals surface area contributed by atoms with Crippen molar-refractivity contribution in [2.75, 3.05) is 13.2 Å². The van der Waals surface area contributed by atoms with Crippen molar-refractivity contribution in [3.05, 3.63) is 23.8 Å². The molecular formula is C10H15N3O. The molecule has 1 saturated heterocycles. The molecule has 1 fully saturated rings. The fourth-order valence-corrected chi connectivity index (χ4v) is 1.59. The van der Waals surface area contributed by atoms with Crippen LogP contribution in [0.25, 0.3) is 0 Å². The Balaban J connectivity index is 1.95. The van der Waals surface area contributed by atoms with Gasteiger partial charge in [0, 0.05) is 44.1 Å². The highest BCUT2D eigenvalue weighted by molar-refractivity contribution is 5.04. The number of nitrogens with zero attached hydrogens (tertiary/aromatic N) is 2. The standard InChI is InChI=1S/C10H15N3O/c11-4-9-5-12-10(13-6-9)3-8-1-2-14-7-8/h5-6,8H,1-4,7,11H2. The molecule has 0 aromatic carbocycles. The van der Waals surface area contributed by atoms with Gasteiger partial charge < -0.3 is 10.5 Å². The van der Waals surface area contributed by atoms with Crippen molar-refractivity contribution in [2.24, 2.45) is 11.7 Å². The van der Waals surface area contributed by atoms with E-state index in [2.05, 4.69) is 9.97 Å². The molecule has 76 valence electrons. The zero-order chi connectivity index (χ0) is 9.80. The summed E-state index contributed by atoms with van der Waals surface area (Å²) in [7, 11) is 0. The second-order valence-corrected chi connectivity index (χ2v) is 3.65. The average molecular weight is 193 g/mol. The minimum absolute atomic E-state index is 0.507. The fraction of sp³-hybridized carbons (Fsp3) is 0.600. The average Bonchev–Trinajstić information content (AvgIpc) is 2.72. The zero-order valence-corrected chi connectivity index (χ0v) is 8.15. The van der Waals surface area contributed by atoms with Gasteiger partial charge in [0.25, 0.3) is 0 Å². The molecule has 0 radical (unpaired) electrons. The Bertz CT molecular complexity index is 280. The van der Waals surface area contributed by atoms with Crippen LogP contribution in [0.3, 0.4) is 0 Å². The molecule has 1 aromatic rings. The number of hydrogen-bond acceptors (Lipinski definition) is 4. The van der Waals surface area contributed by atoms with Crippen LogP contribution in [0.5, 0.6) is 0 Å². The molecule has 0 spiro atoms. The van der Waals surface area contributed by atoms with Crippen molar-refractivity contribution >= 4 is 0 Å². The third-order valence-corrected chi connectivity index (χ3v) is 2.49. The van der Waals surface area contributed by atoms with Gasteiger partial charge in [-0.2, -0.15) is 0 Å². The van der Waals surface area contributed by atoms with Gasteiger partial charge in [-0.25, -0.2) is 9.97 Å². The SMILES string of the molecule is NCc1cnc(CC2CCOC2)nc1. The highest BCUT2D eigenvalue weighted by Crippen LogP contribution is 2.15. The highest BCUT2D eigenvalue weighted by atomic mass is 16.5. The molecule has 1 aliphatic rings. The maximum absolute atomic E-state index is 5.46. The summed E-state index contributed by atoms with van der Waals surface area (Å²) in [6.07, 6.45) is 5.66. The third-order valence-electron chi connectivity index (χ3n) is 2.49. The summed E-state index contributed by atoms with van der Waals surface area (Å²) >= 11 is 0. The van der Waals surface area contributed by atoms with Gasteiger partial charge in [-0.05, 0) is 12.3 Å². The Morgan fingerprint density at radius 1 is 1.43 bits per heavy atom. The van der Waals surface area contributed by atoms with E-state index in [-0.39, 0.29) is 0 Å². The Morgan fingerprint density at radius 3 is 2.79 bits per heavy atom. The largest absolute Gasteiger partial charge is 0.381 e. The van der Waals surface area contributed by atoms with E-state index in [1.807, 2.05) is 0 Å². The molecule has 1 unspecified atom stereocenters. The Kier molecular flexibility index (Phi) is 3.06. The first kappa shape index (κ1) is 9.55. The fourth-order valence-electron chi connectivity index (χ4n) is 1.59. The Labute approximate surface area is 83.5 Å². The summed E-state index contributed by atoms with van der Waals surface area (Å²) in [6.45, 7) is 2.24. The Morgan fingerprint density at radius 2 is 2.21 bits per heavy atom. The van der Waals surface area contributed by atoms with Crippen LogP contribution in [0.4, 0.5) is 0 Å². The number of nitrogens with two attached hydrogens (primary N) is 1. The molecule has 2 N–H and O–H groups in total. The van der Waals surface area contributed by atoms with E-state index in [1.54, 1.807) is 12.4 Å². The minimum Gasteiger partial charge on any atom is -0.381 e. The van der Waals surface area contributed by atoms with Crippen molar-refractivity contribution in [3.63, 3.8) is 0 Å². The summed E-state index contributed by atoms with van der Waals surface area (Å²) in [5.74, 6) is 1.50. The molecule has 2 rings (SSSR count). The van der Waals surface area contributed by atoms with Crippen molar-refractivity contribution in [2.45, 2.75) is 19.4 Å². The van der Waals surface area contributed by atoms with Crippen LogP contribution in [0.1, 0.15) is 17.8 Å². The molecule has 0 saturated carbocycles. The number of ether oxygens (including phenoxy) is 1. The molecular weight excluding hydrogens is 178 g/mol. The quantitative estimate of drug-likeness (QED) is 0.760. The summed E-state index contributed by atoms with van der Waals surface area (Å²) in [5.41, 5.74) is 6.45. The molecule has 1 aromatic heterocycles. The first-order valence-corrected chi connectivity index (χ1v) is 4.96. The number of rotatable bonds is 3. The van der Waals surface area contributed by atoms with Crippen LogP contribution in [0.2, 0.25) is 0 Å². The maximum atomic E-state index is 5.46. The van der Waals surface area contributed by atoms with Gasteiger partial charge in [0.05, 0.1) is 0 Å². The smallest absolute Gasteiger partial charge is 0.128 e. The zero-order valence-electron chi connectivity index (χ0n) is 8.15. The Hall–Kier alpha value is -1.00. The summed E-state index contributed by atoms with van der Waals surface area (Å²) < 4.78 is 5.30. The van der Waals surface area contributed by atoms with Crippen LogP contribution in [-0.2, 0) is 17.7 Å². The highest BCUT2D eigenvalue weighted by Gasteiger charge is 2.16. The monoisotopic (exact) mass is 193 g/mol. The van der Waals surface area contributed by atoms with Crippen molar-refractivity contribution in [1.82, 2.24) is 9.97 Å². The summed E-state index contributed by atoms with van der Waals surface area (Å²) in [6, 6.07) is 0. The van der Waals surface area contributed by atoms with Gasteiger partial charge >= 0.3 is 0 Å². The molecule has 0 aliphatic carbocycles. The third kappa shape index (κ3) is 2.27. The van der Waals surface area contributed by atoms with Crippen molar-refractivity contribution < 1.29 is 4.74 Å². The van der Waals surface area contributed by atoms with E-state index < -0.39 is 0 Å². The summed E-state index contributed by atoms with van der Waals surface area (Å²) in [4.78, 5) is 8.53. The first-order chi connectivity index (χ1) is 6.88. The number of hydrogen-bond donors (Lipinski definition) is 1. The van der Waals surface area contributed by atoms with Gasteiger partial charge in [0.15, 0.2) is 0 Å². The molecule has 4 heteroatoms. The van der Waals surface area contributed by atoms with E-state index in [4.69, 9.17) is 10.5 Å². The van der Waals surface area contributed by atoms with E-state index >= 15 is 0 Å². The van der Waals surface area contributed by atoms with E-state index in [0.29, 0.717) is 12.5 Å². The molecule has 14 heavy (non-hydrogen) atoms. The topological polar surface area (TPSA) is 61.0 Å². The lowest BCUT2D eigenvalue weighted by Gasteiger charge is -2.05. The van der Waals surface area contributed by atoms with Gasteiger partial charge in [0.2, 0.25) is 0 Å². The van der Waals surface area contributed by atoms with E-state index in [1.165, 1.54) is 0 Å². The lowest BCUT2D eigenvalue weighted by molar-refractivity contribution is 0.185. The minimum atomic E-state index is 0.507. The van der Waals surface area contributed by atoms with Gasteiger partial charge in [0.1, 0.15) is 5.82 Å². The molecule has 0 amide bonds. The van der Waals surface area contributed by atoms with Crippen LogP contribution >= 0.6 is 0 Å². The summed E-state index contributed by atoms with van der Waals surface area (Å²) in [5, 5.41) is 0. The lowest BCUT2D eigenvalue weighted by atomic mass is 10.1. The van der Waals surface area contributed by atoms with Crippen LogP contribution in [0.15, 0.2) is 12.4 Å². The number of aromatic nitrogens is 2. The van der Waals surface area contributed by atoms with E-state index in [0.717, 1.165) is 37.4 Å². The normalized spacial score (nSPS) is 21.4. The van der Waals surface area contributed by atoms with E-state index in [9.17, 15) is 0 Å². The van der Waals surface area contributed by atoms with Crippen molar-refractivity contribution in [1.29, 1.82) is 0 Å². The molecule has 0 bridgehead atoms. The predicted octanol–water partition coefficient (Wildman–Crippen LogP) is 0.514. The van der Waals surface area contributed by atoms with Gasteiger partial charge in [-0.3, -0.25) is 0 Å². The molecule has 1 aliphatic heterocycles. The van der Waals surface area contributed by atoms with Crippen LogP contribution in [0, 0.1) is 5.92 Å². The van der Waals surface area contributed by atoms with Crippen molar-refractivity contribution in [3.8, 4) is 0 Å². The maximum Gasteiger partial charge on any atom is 0.128 e. The predicted molar refractivity (Wildman–Crippen MR) is 52.6 cm³/mol. The van der Waals surface area contributed by atoms with Crippen LogP contribution in [-0.4, -0.2) is 23.2 Å².